The summed E-state index contributed by atoms with van der Waals surface area (Å²) in [6.45, 7) is 5.41. The third kappa shape index (κ3) is 4.48. The normalized spacial score (nSPS) is 21.3. The first-order valence-corrected chi connectivity index (χ1v) is 12.9. The van der Waals surface area contributed by atoms with Gasteiger partial charge in [-0.2, -0.15) is 5.26 Å². The Balaban J connectivity index is 1.49. The summed E-state index contributed by atoms with van der Waals surface area (Å²) in [6, 6.07) is 16.5. The van der Waals surface area contributed by atoms with Gasteiger partial charge in [-0.1, -0.05) is 42.0 Å². The van der Waals surface area contributed by atoms with E-state index in [1.54, 1.807) is 20.8 Å². The van der Waals surface area contributed by atoms with Crippen molar-refractivity contribution in [1.29, 1.82) is 5.26 Å². The summed E-state index contributed by atoms with van der Waals surface area (Å²) in [5.41, 5.74) is 7.08. The number of sulfone groups is 1. The van der Waals surface area contributed by atoms with E-state index in [1.807, 2.05) is 18.2 Å². The van der Waals surface area contributed by atoms with Gasteiger partial charge in [0.2, 0.25) is 0 Å². The second-order valence-electron chi connectivity index (χ2n) is 10.1. The van der Waals surface area contributed by atoms with Gasteiger partial charge in [0.15, 0.2) is 9.84 Å². The molecule has 0 aromatic heterocycles. The number of benzene rings is 2. The summed E-state index contributed by atoms with van der Waals surface area (Å²) >= 11 is 0. The first-order chi connectivity index (χ1) is 14.7. The van der Waals surface area contributed by atoms with Crippen LogP contribution in [0.1, 0.15) is 63.1 Å². The Morgan fingerprint density at radius 2 is 1.74 bits per heavy atom. The quantitative estimate of drug-likeness (QED) is 0.578. The fourth-order valence-electron chi connectivity index (χ4n) is 4.92. The van der Waals surface area contributed by atoms with Gasteiger partial charge >= 0.3 is 0 Å². The molecule has 0 spiro atoms. The Bertz CT molecular complexity index is 1150. The molecule has 0 amide bonds. The Morgan fingerprint density at radius 3 is 2.42 bits per heavy atom. The van der Waals surface area contributed by atoms with Gasteiger partial charge in [0.25, 0.3) is 0 Å². The standard InChI is InChI=1S/C27H31NO2S/c1-27(2,3)31(29,30)18-19-10-12-21(13-11-19)24-15-23-8-5-9-25(26(23)16-24)22-7-4-6-20(14-22)17-28/h4-9,14,16,19,21H,10-13,15,18H2,1-3H3. The van der Waals surface area contributed by atoms with Crippen LogP contribution >= 0.6 is 0 Å². The molecule has 162 valence electrons. The molecule has 4 rings (SSSR count). The Morgan fingerprint density at radius 1 is 1.03 bits per heavy atom. The first kappa shape index (κ1) is 21.8. The zero-order chi connectivity index (χ0) is 22.2. The van der Waals surface area contributed by atoms with Crippen LogP contribution in [0, 0.1) is 23.2 Å². The Kier molecular flexibility index (Phi) is 5.83. The minimum Gasteiger partial charge on any atom is -0.228 e. The van der Waals surface area contributed by atoms with E-state index in [4.69, 9.17) is 0 Å². The summed E-state index contributed by atoms with van der Waals surface area (Å²) in [6.07, 6.45) is 7.47. The van der Waals surface area contributed by atoms with Crippen molar-refractivity contribution in [3.63, 3.8) is 0 Å². The molecule has 0 atom stereocenters. The molecule has 31 heavy (non-hydrogen) atoms. The molecule has 3 nitrogen and oxygen atoms in total. The van der Waals surface area contributed by atoms with Crippen molar-refractivity contribution < 1.29 is 8.42 Å². The van der Waals surface area contributed by atoms with Crippen molar-refractivity contribution in [2.24, 2.45) is 11.8 Å². The van der Waals surface area contributed by atoms with E-state index in [9.17, 15) is 13.7 Å². The van der Waals surface area contributed by atoms with Gasteiger partial charge < -0.3 is 0 Å². The molecule has 1 fully saturated rings. The molecule has 0 saturated heterocycles. The molecule has 0 radical (unpaired) electrons. The van der Waals surface area contributed by atoms with Gasteiger partial charge in [-0.05, 0) is 99.1 Å². The third-order valence-corrected chi connectivity index (χ3v) is 9.76. The molecule has 2 aliphatic rings. The summed E-state index contributed by atoms with van der Waals surface area (Å²) in [4.78, 5) is 0. The number of nitrogens with zero attached hydrogens (tertiary/aromatic N) is 1. The van der Waals surface area contributed by atoms with Crippen molar-refractivity contribution in [3.8, 4) is 17.2 Å². The van der Waals surface area contributed by atoms with Crippen LogP contribution in [0.4, 0.5) is 0 Å². The number of allylic oxidation sites excluding steroid dienone is 1. The minimum absolute atomic E-state index is 0.286. The van der Waals surface area contributed by atoms with Gasteiger partial charge in [0.1, 0.15) is 0 Å². The highest BCUT2D eigenvalue weighted by atomic mass is 32.2. The lowest BCUT2D eigenvalue weighted by Crippen LogP contribution is -2.34. The molecule has 1 saturated carbocycles. The maximum absolute atomic E-state index is 12.6. The molecule has 4 heteroatoms. The molecule has 0 heterocycles. The van der Waals surface area contributed by atoms with Gasteiger partial charge in [-0.3, -0.25) is 0 Å². The van der Waals surface area contributed by atoms with Crippen LogP contribution in [0.2, 0.25) is 0 Å². The Labute approximate surface area is 186 Å². The summed E-state index contributed by atoms with van der Waals surface area (Å²) in [5, 5.41) is 9.25. The number of hydrogen-bond donors (Lipinski definition) is 0. The maximum Gasteiger partial charge on any atom is 0.155 e. The van der Waals surface area contributed by atoms with Crippen LogP contribution in [-0.2, 0) is 16.3 Å². The molecular weight excluding hydrogens is 402 g/mol. The number of hydrogen-bond acceptors (Lipinski definition) is 3. The maximum atomic E-state index is 12.6. The molecular formula is C27H31NO2S. The van der Waals surface area contributed by atoms with Crippen molar-refractivity contribution in [1.82, 2.24) is 0 Å². The zero-order valence-corrected chi connectivity index (χ0v) is 19.5. The predicted molar refractivity (Wildman–Crippen MR) is 127 cm³/mol. The number of fused-ring (bicyclic) bond motifs is 1. The number of rotatable bonds is 4. The summed E-state index contributed by atoms with van der Waals surface area (Å²) in [5.74, 6) is 1.15. The van der Waals surface area contributed by atoms with E-state index in [1.165, 1.54) is 22.3 Å². The van der Waals surface area contributed by atoms with E-state index in [2.05, 4.69) is 36.4 Å². The van der Waals surface area contributed by atoms with Gasteiger partial charge in [0, 0.05) is 0 Å². The molecule has 0 bridgehead atoms. The second-order valence-corrected chi connectivity index (χ2v) is 12.9. The monoisotopic (exact) mass is 433 g/mol. The summed E-state index contributed by atoms with van der Waals surface area (Å²) in [7, 11) is -3.06. The van der Waals surface area contributed by atoms with Crippen LogP contribution in [0.25, 0.3) is 17.2 Å². The van der Waals surface area contributed by atoms with E-state index < -0.39 is 14.6 Å². The van der Waals surface area contributed by atoms with Crippen molar-refractivity contribution in [2.45, 2.75) is 57.6 Å². The van der Waals surface area contributed by atoms with Gasteiger partial charge in [-0.15, -0.1) is 0 Å². The van der Waals surface area contributed by atoms with Crippen LogP contribution in [0.3, 0.4) is 0 Å². The van der Waals surface area contributed by atoms with E-state index in [0.29, 0.717) is 17.2 Å². The lowest BCUT2D eigenvalue weighted by molar-refractivity contribution is 0.319. The van der Waals surface area contributed by atoms with E-state index >= 15 is 0 Å². The fraction of sp³-hybridized carbons (Fsp3) is 0.444. The average molecular weight is 434 g/mol. The molecule has 2 aromatic rings. The third-order valence-electron chi connectivity index (χ3n) is 6.98. The van der Waals surface area contributed by atoms with Crippen molar-refractivity contribution in [3.05, 3.63) is 64.7 Å². The largest absolute Gasteiger partial charge is 0.228 e. The van der Waals surface area contributed by atoms with Crippen molar-refractivity contribution in [2.75, 3.05) is 5.75 Å². The van der Waals surface area contributed by atoms with E-state index in [-0.39, 0.29) is 5.92 Å². The first-order valence-electron chi connectivity index (χ1n) is 11.2. The van der Waals surface area contributed by atoms with Crippen LogP contribution in [0.15, 0.2) is 48.0 Å². The predicted octanol–water partition coefficient (Wildman–Crippen LogP) is 6.18. The smallest absolute Gasteiger partial charge is 0.155 e. The summed E-state index contributed by atoms with van der Waals surface area (Å²) < 4.78 is 24.5. The average Bonchev–Trinajstić information content (AvgIpc) is 3.17. The highest BCUT2D eigenvalue weighted by Crippen LogP contribution is 2.42. The zero-order valence-electron chi connectivity index (χ0n) is 18.7. The lowest BCUT2D eigenvalue weighted by atomic mass is 9.78. The van der Waals surface area contributed by atoms with E-state index in [0.717, 1.165) is 37.7 Å². The fourth-order valence-corrected chi connectivity index (χ4v) is 6.38. The highest BCUT2D eigenvalue weighted by molar-refractivity contribution is 7.92. The lowest BCUT2D eigenvalue weighted by Gasteiger charge is -2.31. The molecule has 0 unspecified atom stereocenters. The Hall–Kier alpha value is -2.38. The highest BCUT2D eigenvalue weighted by Gasteiger charge is 2.34. The second kappa shape index (κ2) is 8.28. The molecule has 0 N–H and O–H groups in total. The van der Waals surface area contributed by atoms with Crippen molar-refractivity contribution >= 4 is 15.9 Å². The topological polar surface area (TPSA) is 57.9 Å². The number of nitriles is 1. The molecule has 0 aliphatic heterocycles. The van der Waals surface area contributed by atoms with Crippen LogP contribution < -0.4 is 0 Å². The minimum atomic E-state index is -3.06. The molecule has 2 aromatic carbocycles. The van der Waals surface area contributed by atoms with Crippen LogP contribution in [-0.4, -0.2) is 18.9 Å². The van der Waals surface area contributed by atoms with Crippen LogP contribution in [0.5, 0.6) is 0 Å². The SMILES string of the molecule is CC(C)(C)S(=O)(=O)CC1CCC(C2=Cc3c(cccc3-c3cccc(C#N)c3)C2)CC1. The van der Waals surface area contributed by atoms with Gasteiger partial charge in [-0.25, -0.2) is 8.42 Å². The van der Waals surface area contributed by atoms with Gasteiger partial charge in [0.05, 0.1) is 22.1 Å². The molecule has 2 aliphatic carbocycles.